The van der Waals surface area contributed by atoms with Gasteiger partial charge in [0.15, 0.2) is 0 Å². The van der Waals surface area contributed by atoms with E-state index in [2.05, 4.69) is 36.5 Å². The molecule has 1 fully saturated rings. The zero-order valence-corrected chi connectivity index (χ0v) is 11.3. The first kappa shape index (κ1) is 13.4. The number of hydrogen-bond donors (Lipinski definition) is 2. The average Bonchev–Trinajstić information content (AvgIpc) is 2.42. The summed E-state index contributed by atoms with van der Waals surface area (Å²) in [6.45, 7) is 2.23. The molecule has 0 heterocycles. The second kappa shape index (κ2) is 5.72. The highest BCUT2D eigenvalue weighted by atomic mass is 16.5. The fourth-order valence-electron chi connectivity index (χ4n) is 2.75. The lowest BCUT2D eigenvalue weighted by Crippen LogP contribution is -2.48. The van der Waals surface area contributed by atoms with Gasteiger partial charge in [-0.3, -0.25) is 0 Å². The van der Waals surface area contributed by atoms with Gasteiger partial charge >= 0.3 is 0 Å². The van der Waals surface area contributed by atoms with Crippen LogP contribution in [0.25, 0.3) is 0 Å². The Morgan fingerprint density at radius 1 is 1.39 bits per heavy atom. The standard InChI is InChI=1S/C15H23NO2/c1-12-5-7-13(8-6-12)16-15(11-17)9-3-4-14(10-15)18-2/h5-8,14,16-17H,3-4,9-11H2,1-2H3. The monoisotopic (exact) mass is 249 g/mol. The van der Waals surface area contributed by atoms with Gasteiger partial charge in [0.25, 0.3) is 0 Å². The van der Waals surface area contributed by atoms with Crippen LogP contribution in [0.4, 0.5) is 5.69 Å². The van der Waals surface area contributed by atoms with Crippen LogP contribution in [0.5, 0.6) is 0 Å². The number of ether oxygens (including phenoxy) is 1. The topological polar surface area (TPSA) is 41.5 Å². The van der Waals surface area contributed by atoms with E-state index in [0.717, 1.165) is 31.4 Å². The number of benzene rings is 1. The third-order valence-corrected chi connectivity index (χ3v) is 3.90. The minimum Gasteiger partial charge on any atom is -0.394 e. The molecule has 1 aromatic rings. The van der Waals surface area contributed by atoms with Crippen molar-refractivity contribution >= 4 is 5.69 Å². The van der Waals surface area contributed by atoms with E-state index in [-0.39, 0.29) is 18.2 Å². The molecule has 2 unspecified atom stereocenters. The predicted molar refractivity (Wildman–Crippen MR) is 73.9 cm³/mol. The zero-order chi connectivity index (χ0) is 13.0. The van der Waals surface area contributed by atoms with Crippen LogP contribution in [0.3, 0.4) is 0 Å². The van der Waals surface area contributed by atoms with Gasteiger partial charge in [0.2, 0.25) is 0 Å². The number of anilines is 1. The van der Waals surface area contributed by atoms with Crippen molar-refractivity contribution in [2.75, 3.05) is 19.0 Å². The van der Waals surface area contributed by atoms with E-state index in [1.54, 1.807) is 7.11 Å². The Bertz CT molecular complexity index is 377. The summed E-state index contributed by atoms with van der Waals surface area (Å²) in [6, 6.07) is 8.32. The summed E-state index contributed by atoms with van der Waals surface area (Å²) in [7, 11) is 1.75. The van der Waals surface area contributed by atoms with Crippen LogP contribution in [0.1, 0.15) is 31.2 Å². The molecule has 2 N–H and O–H groups in total. The van der Waals surface area contributed by atoms with Crippen LogP contribution in [-0.2, 0) is 4.74 Å². The van der Waals surface area contributed by atoms with E-state index in [1.807, 2.05) is 0 Å². The molecule has 0 aliphatic heterocycles. The molecule has 1 aliphatic carbocycles. The SMILES string of the molecule is COC1CCCC(CO)(Nc2ccc(C)cc2)C1. The molecule has 2 atom stereocenters. The van der Waals surface area contributed by atoms with Crippen molar-refractivity contribution in [3.63, 3.8) is 0 Å². The van der Waals surface area contributed by atoms with Crippen molar-refractivity contribution in [2.24, 2.45) is 0 Å². The first-order valence-electron chi connectivity index (χ1n) is 6.66. The van der Waals surface area contributed by atoms with Gasteiger partial charge in [0.1, 0.15) is 0 Å². The van der Waals surface area contributed by atoms with Gasteiger partial charge in [-0.25, -0.2) is 0 Å². The minimum absolute atomic E-state index is 0.154. The molecule has 18 heavy (non-hydrogen) atoms. The van der Waals surface area contributed by atoms with Crippen molar-refractivity contribution in [3.05, 3.63) is 29.8 Å². The molecule has 0 aromatic heterocycles. The largest absolute Gasteiger partial charge is 0.394 e. The zero-order valence-electron chi connectivity index (χ0n) is 11.3. The van der Waals surface area contributed by atoms with Gasteiger partial charge in [0.05, 0.1) is 18.2 Å². The summed E-state index contributed by atoms with van der Waals surface area (Å²) in [5.74, 6) is 0. The third-order valence-electron chi connectivity index (χ3n) is 3.90. The highest BCUT2D eigenvalue weighted by Gasteiger charge is 2.35. The maximum absolute atomic E-state index is 9.75. The molecule has 0 radical (unpaired) electrons. The molecular weight excluding hydrogens is 226 g/mol. The van der Waals surface area contributed by atoms with Crippen molar-refractivity contribution in [3.8, 4) is 0 Å². The van der Waals surface area contributed by atoms with Gasteiger partial charge in [-0.2, -0.15) is 0 Å². The second-order valence-corrected chi connectivity index (χ2v) is 5.38. The van der Waals surface area contributed by atoms with Crippen LogP contribution in [0.2, 0.25) is 0 Å². The van der Waals surface area contributed by atoms with E-state index in [1.165, 1.54) is 5.56 Å². The number of methoxy groups -OCH3 is 1. The Hall–Kier alpha value is -1.06. The normalized spacial score (nSPS) is 28.1. The Kier molecular flexibility index (Phi) is 4.25. The summed E-state index contributed by atoms with van der Waals surface area (Å²) in [5.41, 5.74) is 2.09. The Balaban J connectivity index is 2.09. The first-order chi connectivity index (χ1) is 8.67. The molecule has 1 aliphatic rings. The first-order valence-corrected chi connectivity index (χ1v) is 6.66. The van der Waals surface area contributed by atoms with Gasteiger partial charge in [0, 0.05) is 12.8 Å². The number of hydrogen-bond acceptors (Lipinski definition) is 3. The fraction of sp³-hybridized carbons (Fsp3) is 0.600. The molecule has 1 saturated carbocycles. The molecule has 0 bridgehead atoms. The number of rotatable bonds is 4. The summed E-state index contributed by atoms with van der Waals surface area (Å²) < 4.78 is 5.45. The van der Waals surface area contributed by atoms with Crippen molar-refractivity contribution < 1.29 is 9.84 Å². The van der Waals surface area contributed by atoms with Gasteiger partial charge in [-0.15, -0.1) is 0 Å². The van der Waals surface area contributed by atoms with Gasteiger partial charge < -0.3 is 15.2 Å². The van der Waals surface area contributed by atoms with Crippen LogP contribution < -0.4 is 5.32 Å². The van der Waals surface area contributed by atoms with Crippen LogP contribution >= 0.6 is 0 Å². The minimum atomic E-state index is -0.228. The summed E-state index contributed by atoms with van der Waals surface area (Å²) in [5, 5.41) is 13.3. The number of aliphatic hydroxyl groups excluding tert-OH is 1. The smallest absolute Gasteiger partial charge is 0.0662 e. The molecule has 2 rings (SSSR count). The van der Waals surface area contributed by atoms with Gasteiger partial charge in [-0.1, -0.05) is 17.7 Å². The van der Waals surface area contributed by atoms with Crippen molar-refractivity contribution in [1.29, 1.82) is 0 Å². The van der Waals surface area contributed by atoms with Crippen LogP contribution in [-0.4, -0.2) is 30.5 Å². The third kappa shape index (κ3) is 3.03. The molecule has 100 valence electrons. The van der Waals surface area contributed by atoms with Crippen LogP contribution in [0.15, 0.2) is 24.3 Å². The maximum atomic E-state index is 9.75. The fourth-order valence-corrected chi connectivity index (χ4v) is 2.75. The predicted octanol–water partition coefficient (Wildman–Crippen LogP) is 2.73. The molecule has 1 aromatic carbocycles. The summed E-state index contributed by atoms with van der Waals surface area (Å²) in [6.07, 6.45) is 4.31. The van der Waals surface area contributed by atoms with Crippen molar-refractivity contribution in [2.45, 2.75) is 44.2 Å². The summed E-state index contributed by atoms with van der Waals surface area (Å²) >= 11 is 0. The highest BCUT2D eigenvalue weighted by Crippen LogP contribution is 2.32. The Morgan fingerprint density at radius 3 is 2.72 bits per heavy atom. The lowest BCUT2D eigenvalue weighted by Gasteiger charge is -2.40. The molecule has 0 saturated heterocycles. The van der Waals surface area contributed by atoms with E-state index < -0.39 is 0 Å². The lowest BCUT2D eigenvalue weighted by atomic mass is 9.80. The number of aryl methyl sites for hydroxylation is 1. The van der Waals surface area contributed by atoms with E-state index in [9.17, 15) is 5.11 Å². The van der Waals surface area contributed by atoms with Crippen LogP contribution in [0, 0.1) is 6.92 Å². The average molecular weight is 249 g/mol. The van der Waals surface area contributed by atoms with Crippen molar-refractivity contribution in [1.82, 2.24) is 0 Å². The van der Waals surface area contributed by atoms with E-state index in [4.69, 9.17) is 4.74 Å². The number of aliphatic hydroxyl groups is 1. The molecule has 3 nitrogen and oxygen atoms in total. The van der Waals surface area contributed by atoms with E-state index in [0.29, 0.717) is 0 Å². The lowest BCUT2D eigenvalue weighted by molar-refractivity contribution is 0.0307. The molecule has 3 heteroatoms. The summed E-state index contributed by atoms with van der Waals surface area (Å²) in [4.78, 5) is 0. The number of nitrogens with one attached hydrogen (secondary N) is 1. The highest BCUT2D eigenvalue weighted by molar-refractivity contribution is 5.47. The Morgan fingerprint density at radius 2 is 2.11 bits per heavy atom. The molecule has 0 spiro atoms. The quantitative estimate of drug-likeness (QED) is 0.862. The maximum Gasteiger partial charge on any atom is 0.0662 e. The molecule has 0 amide bonds. The van der Waals surface area contributed by atoms with E-state index >= 15 is 0 Å². The molecular formula is C15H23NO2. The van der Waals surface area contributed by atoms with Gasteiger partial charge in [-0.05, 0) is 44.7 Å². The second-order valence-electron chi connectivity index (χ2n) is 5.38. The Labute approximate surface area is 109 Å².